The third-order valence-electron chi connectivity index (χ3n) is 13.8. The highest BCUT2D eigenvalue weighted by molar-refractivity contribution is 6.93. The summed E-state index contributed by atoms with van der Waals surface area (Å²) in [6, 6.07) is 66.2. The van der Waals surface area contributed by atoms with Crippen molar-refractivity contribution < 1.29 is 4.42 Å². The second-order valence-electron chi connectivity index (χ2n) is 19.3. The van der Waals surface area contributed by atoms with E-state index in [2.05, 4.69) is 227 Å². The maximum Gasteiger partial charge on any atom is 0.333 e. The van der Waals surface area contributed by atoms with Gasteiger partial charge in [-0.2, -0.15) is 0 Å². The molecule has 0 saturated carbocycles. The lowest BCUT2D eigenvalue weighted by molar-refractivity contribution is 0.590. The van der Waals surface area contributed by atoms with E-state index in [4.69, 9.17) is 4.42 Å². The van der Waals surface area contributed by atoms with E-state index in [1.807, 2.05) is 0 Å². The average molecular weight is 787 g/mol. The topological polar surface area (TPSA) is 19.6 Å². The summed E-state index contributed by atoms with van der Waals surface area (Å²) in [6.07, 6.45) is 0. The molecule has 4 heteroatoms. The van der Waals surface area contributed by atoms with Gasteiger partial charge in [-0.1, -0.05) is 175 Å². The maximum atomic E-state index is 6.70. The molecule has 294 valence electrons. The van der Waals surface area contributed by atoms with Crippen LogP contribution >= 0.6 is 0 Å². The third kappa shape index (κ3) is 4.99. The molecule has 8 aromatic carbocycles. The Bertz CT molecular complexity index is 3180. The first-order valence-electron chi connectivity index (χ1n) is 21.7. The fourth-order valence-corrected chi connectivity index (χ4v) is 10.9. The van der Waals surface area contributed by atoms with Crippen LogP contribution in [0.3, 0.4) is 0 Å². The number of nitrogens with zero attached hydrogens (tertiary/aromatic N) is 2. The highest BCUT2D eigenvalue weighted by atomic mass is 16.3. The second-order valence-corrected chi connectivity index (χ2v) is 19.3. The van der Waals surface area contributed by atoms with Crippen molar-refractivity contribution in [2.45, 2.75) is 57.8 Å². The first kappa shape index (κ1) is 36.1. The smallest absolute Gasteiger partial charge is 0.333 e. The van der Waals surface area contributed by atoms with Gasteiger partial charge in [0, 0.05) is 45.2 Å². The Morgan fingerprint density at radius 2 is 1.11 bits per heavy atom. The Labute approximate surface area is 359 Å². The van der Waals surface area contributed by atoms with Gasteiger partial charge < -0.3 is 14.1 Å². The predicted molar refractivity (Wildman–Crippen MR) is 257 cm³/mol. The summed E-state index contributed by atoms with van der Waals surface area (Å²) in [5.74, 6) is 0. The number of rotatable bonds is 3. The second kappa shape index (κ2) is 12.6. The number of para-hydroxylation sites is 3. The highest BCUT2D eigenvalue weighted by Gasteiger charge is 2.53. The minimum Gasteiger partial charge on any atom is -0.456 e. The number of hydrogen-bond donors (Lipinski definition) is 0. The molecule has 61 heavy (non-hydrogen) atoms. The summed E-state index contributed by atoms with van der Waals surface area (Å²) in [4.78, 5) is 5.25. The van der Waals surface area contributed by atoms with E-state index in [-0.39, 0.29) is 17.7 Å². The van der Waals surface area contributed by atoms with Crippen molar-refractivity contribution in [3.05, 3.63) is 209 Å². The number of anilines is 5. The first-order valence-corrected chi connectivity index (χ1v) is 21.7. The number of hydrogen-bond acceptors (Lipinski definition) is 3. The zero-order valence-electron chi connectivity index (χ0n) is 35.6. The Morgan fingerprint density at radius 1 is 0.475 bits per heavy atom. The minimum absolute atomic E-state index is 0.0251. The molecule has 0 N–H and O–H groups in total. The fourth-order valence-electron chi connectivity index (χ4n) is 10.9. The summed E-state index contributed by atoms with van der Waals surface area (Å²) in [7, 11) is 0. The van der Waals surface area contributed by atoms with E-state index in [0.29, 0.717) is 0 Å². The molecule has 0 bridgehead atoms. The van der Waals surface area contributed by atoms with Crippen LogP contribution in [0, 0.1) is 0 Å². The zero-order valence-corrected chi connectivity index (χ0v) is 35.6. The van der Waals surface area contributed by atoms with Crippen molar-refractivity contribution in [1.82, 2.24) is 0 Å². The van der Waals surface area contributed by atoms with E-state index in [1.54, 1.807) is 0 Å². The molecule has 0 spiro atoms. The molecule has 12 rings (SSSR count). The van der Waals surface area contributed by atoms with E-state index in [9.17, 15) is 0 Å². The van der Waals surface area contributed by atoms with Crippen molar-refractivity contribution >= 4 is 68.1 Å². The van der Waals surface area contributed by atoms with Crippen LogP contribution in [0.1, 0.15) is 74.9 Å². The fraction of sp³-hybridized carbons (Fsp3) is 0.158. The largest absolute Gasteiger partial charge is 0.456 e. The van der Waals surface area contributed by atoms with Crippen molar-refractivity contribution in [3.8, 4) is 11.1 Å². The Kier molecular flexibility index (Phi) is 7.47. The van der Waals surface area contributed by atoms with Gasteiger partial charge in [0.2, 0.25) is 0 Å². The van der Waals surface area contributed by atoms with Crippen molar-refractivity contribution in [2.75, 3.05) is 9.71 Å². The molecule has 0 radical (unpaired) electrons. The summed E-state index contributed by atoms with van der Waals surface area (Å²) in [5.41, 5.74) is 20.0. The number of furan rings is 1. The predicted octanol–water partition coefficient (Wildman–Crippen LogP) is 13.6. The number of benzene rings is 8. The summed E-state index contributed by atoms with van der Waals surface area (Å²) in [5, 5.41) is 2.28. The monoisotopic (exact) mass is 786 g/mol. The molecule has 0 atom stereocenters. The average Bonchev–Trinajstić information content (AvgIpc) is 3.64. The SMILES string of the molecule is CC(C)(C)c1ccc(N2B3c4cccc5c4N(c4ccccc4C5(c4ccccc4)c4ccccc4)c4cc(C(C)(C)C)cc(c43)-c3cc4c(cc32)oc2ccccc24)cc1. The summed E-state index contributed by atoms with van der Waals surface area (Å²) >= 11 is 0. The molecule has 0 amide bonds. The van der Waals surface area contributed by atoms with Crippen LogP contribution in [0.4, 0.5) is 28.4 Å². The Balaban J connectivity index is 1.25. The lowest BCUT2D eigenvalue weighted by Crippen LogP contribution is -2.62. The molecule has 3 nitrogen and oxygen atoms in total. The van der Waals surface area contributed by atoms with Gasteiger partial charge in [0.1, 0.15) is 11.2 Å². The standard InChI is InChI=1S/C57H47BN2O/c1-55(2,3)36-28-30-40(31-29-36)60-49-35-52-43(41-22-13-16-27-51(41)61-52)34-42(49)44-32-39(56(4,5)6)33-50-53(44)58(60)47-25-17-24-46-54(47)59(50)48-26-15-14-23-45(48)57(46,37-18-9-7-10-19-37)38-20-11-8-12-21-38/h7-35H,1-6H3. The lowest BCUT2D eigenvalue weighted by Gasteiger charge is -2.52. The van der Waals surface area contributed by atoms with Crippen molar-refractivity contribution in [2.24, 2.45) is 0 Å². The molecule has 4 heterocycles. The third-order valence-corrected chi connectivity index (χ3v) is 13.8. The van der Waals surface area contributed by atoms with Gasteiger partial charge in [-0.05, 0) is 97.1 Å². The highest BCUT2D eigenvalue weighted by Crippen LogP contribution is 2.59. The van der Waals surface area contributed by atoms with Crippen LogP contribution in [-0.2, 0) is 16.2 Å². The van der Waals surface area contributed by atoms with Gasteiger partial charge in [0.15, 0.2) is 0 Å². The Morgan fingerprint density at radius 3 is 1.82 bits per heavy atom. The molecule has 1 aromatic heterocycles. The quantitative estimate of drug-likeness (QED) is 0.166. The summed E-state index contributed by atoms with van der Waals surface area (Å²) < 4.78 is 6.70. The normalized spacial score (nSPS) is 14.8. The summed E-state index contributed by atoms with van der Waals surface area (Å²) in [6.45, 7) is 13.8. The van der Waals surface area contributed by atoms with E-state index in [0.717, 1.165) is 33.3 Å². The first-order chi connectivity index (χ1) is 29.5. The van der Waals surface area contributed by atoms with Crippen molar-refractivity contribution in [1.29, 1.82) is 0 Å². The van der Waals surface area contributed by atoms with Crippen LogP contribution < -0.4 is 20.6 Å². The molecule has 0 aliphatic carbocycles. The van der Waals surface area contributed by atoms with Gasteiger partial charge in [-0.15, -0.1) is 0 Å². The minimum atomic E-state index is -0.574. The molecule has 0 unspecified atom stereocenters. The number of fused-ring (bicyclic) bond motifs is 9. The van der Waals surface area contributed by atoms with Gasteiger partial charge >= 0.3 is 6.85 Å². The van der Waals surface area contributed by atoms with Crippen LogP contribution in [0.5, 0.6) is 0 Å². The lowest BCUT2D eigenvalue weighted by atomic mass is 9.42. The molecular formula is C57H47BN2O. The molecule has 3 aliphatic heterocycles. The van der Waals surface area contributed by atoms with Crippen LogP contribution in [0.25, 0.3) is 33.1 Å². The molecule has 0 fully saturated rings. The van der Waals surface area contributed by atoms with Crippen LogP contribution in [0.2, 0.25) is 0 Å². The van der Waals surface area contributed by atoms with E-state index < -0.39 is 5.41 Å². The van der Waals surface area contributed by atoms with Crippen LogP contribution in [-0.4, -0.2) is 6.85 Å². The maximum absolute atomic E-state index is 6.70. The van der Waals surface area contributed by atoms with Gasteiger partial charge in [-0.3, -0.25) is 0 Å². The van der Waals surface area contributed by atoms with Gasteiger partial charge in [0.05, 0.1) is 11.1 Å². The van der Waals surface area contributed by atoms with Gasteiger partial charge in [-0.25, -0.2) is 0 Å². The molecule has 3 aliphatic rings. The zero-order chi connectivity index (χ0) is 41.4. The van der Waals surface area contributed by atoms with E-state index in [1.165, 1.54) is 72.5 Å². The van der Waals surface area contributed by atoms with Crippen molar-refractivity contribution in [3.63, 3.8) is 0 Å². The van der Waals surface area contributed by atoms with Gasteiger partial charge in [0.25, 0.3) is 0 Å². The Hall–Kier alpha value is -6.78. The van der Waals surface area contributed by atoms with Crippen LogP contribution in [0.15, 0.2) is 180 Å². The molecule has 9 aromatic rings. The molecular weight excluding hydrogens is 739 g/mol. The molecule has 0 saturated heterocycles. The van der Waals surface area contributed by atoms with E-state index >= 15 is 0 Å².